The molecule has 0 saturated carbocycles. The van der Waals surface area contributed by atoms with Crippen molar-refractivity contribution >= 4 is 28.8 Å². The summed E-state index contributed by atoms with van der Waals surface area (Å²) in [6.07, 6.45) is -3.50. The predicted octanol–water partition coefficient (Wildman–Crippen LogP) is 3.63. The summed E-state index contributed by atoms with van der Waals surface area (Å²) >= 11 is 5.46. The van der Waals surface area contributed by atoms with Crippen LogP contribution < -0.4 is 15.0 Å². The lowest BCUT2D eigenvalue weighted by atomic mass is 10.2. The second-order valence-corrected chi connectivity index (χ2v) is 6.43. The summed E-state index contributed by atoms with van der Waals surface area (Å²) in [6.45, 7) is 2.55. The molecule has 1 aromatic carbocycles. The van der Waals surface area contributed by atoms with Gasteiger partial charge in [0.15, 0.2) is 5.11 Å². The highest BCUT2D eigenvalue weighted by Crippen LogP contribution is 2.29. The van der Waals surface area contributed by atoms with E-state index >= 15 is 0 Å². The molecular formula is C18H19F3N4OS. The predicted molar refractivity (Wildman–Crippen MR) is 102 cm³/mol. The van der Waals surface area contributed by atoms with Gasteiger partial charge >= 0.3 is 6.18 Å². The fraction of sp³-hybridized carbons (Fsp3) is 0.333. The van der Waals surface area contributed by atoms with Crippen molar-refractivity contribution in [2.45, 2.75) is 6.18 Å². The van der Waals surface area contributed by atoms with E-state index in [1.165, 1.54) is 6.07 Å². The third-order valence-corrected chi connectivity index (χ3v) is 4.65. The van der Waals surface area contributed by atoms with Crippen LogP contribution >= 0.6 is 12.2 Å². The largest absolute Gasteiger partial charge is 0.497 e. The average Bonchev–Trinajstić information content (AvgIpc) is 2.67. The van der Waals surface area contributed by atoms with Gasteiger partial charge < -0.3 is 19.9 Å². The van der Waals surface area contributed by atoms with Gasteiger partial charge in [-0.15, -0.1) is 0 Å². The Labute approximate surface area is 160 Å². The third-order valence-electron chi connectivity index (χ3n) is 4.29. The SMILES string of the molecule is COc1cccc(NC(=S)N2CCN(c3ccc(C(F)(F)F)cn3)CC2)c1. The molecule has 144 valence electrons. The maximum absolute atomic E-state index is 12.6. The molecule has 0 amide bonds. The molecule has 1 aliphatic heterocycles. The van der Waals surface area contributed by atoms with Crippen molar-refractivity contribution in [2.75, 3.05) is 43.5 Å². The number of pyridine rings is 1. The van der Waals surface area contributed by atoms with E-state index in [0.717, 1.165) is 23.7 Å². The molecule has 27 heavy (non-hydrogen) atoms. The zero-order chi connectivity index (χ0) is 19.4. The van der Waals surface area contributed by atoms with E-state index in [1.807, 2.05) is 34.1 Å². The van der Waals surface area contributed by atoms with Gasteiger partial charge in [-0.3, -0.25) is 0 Å². The molecule has 5 nitrogen and oxygen atoms in total. The number of rotatable bonds is 3. The minimum atomic E-state index is -4.37. The van der Waals surface area contributed by atoms with Crippen molar-refractivity contribution in [1.82, 2.24) is 9.88 Å². The normalized spacial score (nSPS) is 14.8. The highest BCUT2D eigenvalue weighted by Gasteiger charge is 2.31. The van der Waals surface area contributed by atoms with Gasteiger partial charge in [-0.05, 0) is 36.5 Å². The quantitative estimate of drug-likeness (QED) is 0.799. The van der Waals surface area contributed by atoms with Gasteiger partial charge in [0.1, 0.15) is 11.6 Å². The van der Waals surface area contributed by atoms with Crippen LogP contribution in [-0.4, -0.2) is 48.3 Å². The Morgan fingerprint density at radius 3 is 2.48 bits per heavy atom. The van der Waals surface area contributed by atoms with Crippen LogP contribution in [-0.2, 0) is 6.18 Å². The molecule has 1 aromatic heterocycles. The number of nitrogens with zero attached hydrogens (tertiary/aromatic N) is 3. The van der Waals surface area contributed by atoms with Gasteiger partial charge in [0.25, 0.3) is 0 Å². The first kappa shape index (κ1) is 19.2. The molecule has 1 aliphatic rings. The first-order valence-corrected chi connectivity index (χ1v) is 8.76. The average molecular weight is 396 g/mol. The Morgan fingerprint density at radius 1 is 1.15 bits per heavy atom. The molecule has 1 saturated heterocycles. The van der Waals surface area contributed by atoms with E-state index in [4.69, 9.17) is 17.0 Å². The standard InChI is InChI=1S/C18H19F3N4OS/c1-26-15-4-2-3-14(11-15)23-17(27)25-9-7-24(8-10-25)16-6-5-13(12-22-16)18(19,20)21/h2-6,11-12H,7-10H2,1H3,(H,23,27). The topological polar surface area (TPSA) is 40.6 Å². The Morgan fingerprint density at radius 2 is 1.89 bits per heavy atom. The molecule has 0 aliphatic carbocycles. The van der Waals surface area contributed by atoms with Crippen molar-refractivity contribution in [3.8, 4) is 5.75 Å². The molecule has 1 N–H and O–H groups in total. The number of hydrogen-bond donors (Lipinski definition) is 1. The highest BCUT2D eigenvalue weighted by atomic mass is 32.1. The molecule has 0 atom stereocenters. The van der Waals surface area contributed by atoms with E-state index < -0.39 is 11.7 Å². The van der Waals surface area contributed by atoms with Crippen LogP contribution in [0.15, 0.2) is 42.6 Å². The van der Waals surface area contributed by atoms with Gasteiger partial charge in [0.05, 0.1) is 12.7 Å². The van der Waals surface area contributed by atoms with E-state index in [2.05, 4.69) is 10.3 Å². The third kappa shape index (κ3) is 4.79. The van der Waals surface area contributed by atoms with Crippen molar-refractivity contribution in [2.24, 2.45) is 0 Å². The van der Waals surface area contributed by atoms with Crippen LogP contribution in [0.5, 0.6) is 5.75 Å². The van der Waals surface area contributed by atoms with Crippen molar-refractivity contribution in [1.29, 1.82) is 0 Å². The summed E-state index contributed by atoms with van der Waals surface area (Å²) in [5.74, 6) is 1.27. The second kappa shape index (κ2) is 7.99. The Hall–Kier alpha value is -2.55. The van der Waals surface area contributed by atoms with Gasteiger partial charge in [-0.2, -0.15) is 13.2 Å². The lowest BCUT2D eigenvalue weighted by Gasteiger charge is -2.36. The highest BCUT2D eigenvalue weighted by molar-refractivity contribution is 7.80. The number of hydrogen-bond acceptors (Lipinski definition) is 4. The lowest BCUT2D eigenvalue weighted by molar-refractivity contribution is -0.137. The first-order chi connectivity index (χ1) is 12.9. The summed E-state index contributed by atoms with van der Waals surface area (Å²) < 4.78 is 43.1. The number of aromatic nitrogens is 1. The Balaban J connectivity index is 1.55. The Kier molecular flexibility index (Phi) is 5.69. The minimum Gasteiger partial charge on any atom is -0.497 e. The second-order valence-electron chi connectivity index (χ2n) is 6.04. The van der Waals surface area contributed by atoms with Gasteiger partial charge in [0, 0.05) is 44.1 Å². The van der Waals surface area contributed by atoms with Crippen molar-refractivity contribution < 1.29 is 17.9 Å². The van der Waals surface area contributed by atoms with Crippen molar-refractivity contribution in [3.05, 3.63) is 48.2 Å². The Bertz CT molecular complexity index is 790. The number of nitrogens with one attached hydrogen (secondary N) is 1. The molecule has 9 heteroatoms. The molecular weight excluding hydrogens is 377 g/mol. The molecule has 2 heterocycles. The van der Waals surface area contributed by atoms with Crippen molar-refractivity contribution in [3.63, 3.8) is 0 Å². The smallest absolute Gasteiger partial charge is 0.417 e. The summed E-state index contributed by atoms with van der Waals surface area (Å²) in [5.41, 5.74) is 0.0970. The number of benzene rings is 1. The fourth-order valence-electron chi connectivity index (χ4n) is 2.78. The zero-order valence-corrected chi connectivity index (χ0v) is 15.5. The number of piperazine rings is 1. The van der Waals surface area contributed by atoms with Gasteiger partial charge in [-0.25, -0.2) is 4.98 Å². The molecule has 3 rings (SSSR count). The van der Waals surface area contributed by atoms with Gasteiger partial charge in [-0.1, -0.05) is 6.07 Å². The van der Waals surface area contributed by atoms with E-state index in [-0.39, 0.29) is 0 Å². The number of halogens is 3. The number of methoxy groups -OCH3 is 1. The summed E-state index contributed by atoms with van der Waals surface area (Å²) in [4.78, 5) is 7.92. The zero-order valence-electron chi connectivity index (χ0n) is 14.7. The number of thiocarbonyl (C=S) groups is 1. The number of ether oxygens (including phenoxy) is 1. The molecule has 2 aromatic rings. The van der Waals surface area contributed by atoms with Crippen LogP contribution in [0.2, 0.25) is 0 Å². The summed E-state index contributed by atoms with van der Waals surface area (Å²) in [5, 5.41) is 3.78. The van der Waals surface area contributed by atoms with Crippen LogP contribution in [0.3, 0.4) is 0 Å². The number of anilines is 2. The molecule has 0 bridgehead atoms. The lowest BCUT2D eigenvalue weighted by Crippen LogP contribution is -2.50. The summed E-state index contributed by atoms with van der Waals surface area (Å²) in [7, 11) is 1.60. The molecule has 0 spiro atoms. The van der Waals surface area contributed by atoms with E-state index in [1.54, 1.807) is 7.11 Å². The first-order valence-electron chi connectivity index (χ1n) is 8.35. The molecule has 0 unspecified atom stereocenters. The maximum atomic E-state index is 12.6. The van der Waals surface area contributed by atoms with E-state index in [0.29, 0.717) is 37.1 Å². The molecule has 0 radical (unpaired) electrons. The van der Waals surface area contributed by atoms with Crippen LogP contribution in [0.25, 0.3) is 0 Å². The summed E-state index contributed by atoms with van der Waals surface area (Å²) in [6, 6.07) is 9.95. The molecule has 1 fully saturated rings. The monoisotopic (exact) mass is 396 g/mol. The van der Waals surface area contributed by atoms with Crippen LogP contribution in [0.1, 0.15) is 5.56 Å². The minimum absolute atomic E-state index is 0.536. The maximum Gasteiger partial charge on any atom is 0.417 e. The van der Waals surface area contributed by atoms with Crippen LogP contribution in [0, 0.1) is 0 Å². The van der Waals surface area contributed by atoms with E-state index in [9.17, 15) is 13.2 Å². The number of alkyl halides is 3. The van der Waals surface area contributed by atoms with Crippen LogP contribution in [0.4, 0.5) is 24.7 Å². The fourth-order valence-corrected chi connectivity index (χ4v) is 3.08. The van der Waals surface area contributed by atoms with Gasteiger partial charge in [0.2, 0.25) is 0 Å².